The van der Waals surface area contributed by atoms with Gasteiger partial charge in [-0.05, 0) is 31.2 Å². The fourth-order valence-electron chi connectivity index (χ4n) is 1.61. The standard InChI is InChI=1S/C15H17NO3/c1-12-5-7-13(8-6-12)19-11-15(17)16(2)10-14-4-3-9-18-14/h3-9H,10-11H2,1-2H3. The molecule has 2 aromatic rings. The third-order valence-corrected chi connectivity index (χ3v) is 2.78. The molecule has 2 rings (SSSR count). The zero-order valence-corrected chi connectivity index (χ0v) is 11.1. The number of hydrogen-bond acceptors (Lipinski definition) is 3. The second kappa shape index (κ2) is 6.09. The SMILES string of the molecule is Cc1ccc(OCC(=O)N(C)Cc2ccco2)cc1. The lowest BCUT2D eigenvalue weighted by molar-refractivity contribution is -0.132. The second-order valence-electron chi connectivity index (χ2n) is 4.43. The molecule has 0 radical (unpaired) electrons. The van der Waals surface area contributed by atoms with Gasteiger partial charge in [0.05, 0.1) is 12.8 Å². The molecule has 0 fully saturated rings. The predicted octanol–water partition coefficient (Wildman–Crippen LogP) is 2.63. The lowest BCUT2D eigenvalue weighted by Gasteiger charge is -2.16. The van der Waals surface area contributed by atoms with Crippen molar-refractivity contribution in [3.8, 4) is 5.75 Å². The molecule has 0 aliphatic carbocycles. The van der Waals surface area contributed by atoms with E-state index in [1.54, 1.807) is 24.3 Å². The van der Waals surface area contributed by atoms with Crippen LogP contribution in [0.1, 0.15) is 11.3 Å². The van der Waals surface area contributed by atoms with E-state index >= 15 is 0 Å². The van der Waals surface area contributed by atoms with Gasteiger partial charge in [-0.1, -0.05) is 17.7 Å². The highest BCUT2D eigenvalue weighted by Gasteiger charge is 2.11. The van der Waals surface area contributed by atoms with Crippen LogP contribution in [0.4, 0.5) is 0 Å². The topological polar surface area (TPSA) is 42.7 Å². The van der Waals surface area contributed by atoms with E-state index < -0.39 is 0 Å². The Kier molecular flexibility index (Phi) is 4.23. The Hall–Kier alpha value is -2.23. The van der Waals surface area contributed by atoms with Crippen molar-refractivity contribution in [2.75, 3.05) is 13.7 Å². The molecule has 1 aromatic heterocycles. The van der Waals surface area contributed by atoms with E-state index in [9.17, 15) is 4.79 Å². The molecular formula is C15H17NO3. The average Bonchev–Trinajstić information content (AvgIpc) is 2.90. The Morgan fingerprint density at radius 2 is 2.00 bits per heavy atom. The number of carbonyl (C=O) groups is 1. The van der Waals surface area contributed by atoms with Crippen LogP contribution in [0, 0.1) is 6.92 Å². The van der Waals surface area contributed by atoms with Crippen LogP contribution >= 0.6 is 0 Å². The largest absolute Gasteiger partial charge is 0.484 e. The number of aryl methyl sites for hydroxylation is 1. The minimum atomic E-state index is -0.0861. The van der Waals surface area contributed by atoms with Gasteiger partial charge >= 0.3 is 0 Å². The number of benzene rings is 1. The summed E-state index contributed by atoms with van der Waals surface area (Å²) in [5, 5.41) is 0. The molecule has 1 amide bonds. The average molecular weight is 259 g/mol. The van der Waals surface area contributed by atoms with Crippen LogP contribution in [0.15, 0.2) is 47.1 Å². The summed E-state index contributed by atoms with van der Waals surface area (Å²) < 4.78 is 10.6. The van der Waals surface area contributed by atoms with Gasteiger partial charge in [0.25, 0.3) is 5.91 Å². The molecule has 0 saturated heterocycles. The third-order valence-electron chi connectivity index (χ3n) is 2.78. The molecule has 0 N–H and O–H groups in total. The van der Waals surface area contributed by atoms with Gasteiger partial charge in [0.1, 0.15) is 11.5 Å². The molecule has 1 heterocycles. The molecule has 100 valence electrons. The Balaban J connectivity index is 1.82. The van der Waals surface area contributed by atoms with Crippen molar-refractivity contribution in [1.29, 1.82) is 0 Å². The highest BCUT2D eigenvalue weighted by Crippen LogP contribution is 2.11. The minimum Gasteiger partial charge on any atom is -0.484 e. The summed E-state index contributed by atoms with van der Waals surface area (Å²) in [6, 6.07) is 11.3. The van der Waals surface area contributed by atoms with Crippen molar-refractivity contribution >= 4 is 5.91 Å². The van der Waals surface area contributed by atoms with E-state index in [2.05, 4.69) is 0 Å². The van der Waals surface area contributed by atoms with Crippen molar-refractivity contribution in [1.82, 2.24) is 4.90 Å². The molecule has 0 spiro atoms. The monoisotopic (exact) mass is 259 g/mol. The van der Waals surface area contributed by atoms with Crippen LogP contribution < -0.4 is 4.74 Å². The maximum absolute atomic E-state index is 11.9. The number of nitrogens with zero attached hydrogens (tertiary/aromatic N) is 1. The van der Waals surface area contributed by atoms with Gasteiger partial charge in [0.2, 0.25) is 0 Å². The van der Waals surface area contributed by atoms with Gasteiger partial charge in [0.15, 0.2) is 6.61 Å². The van der Waals surface area contributed by atoms with Gasteiger partial charge in [0, 0.05) is 7.05 Å². The Bertz CT molecular complexity index is 517. The number of carbonyl (C=O) groups excluding carboxylic acids is 1. The highest BCUT2D eigenvalue weighted by atomic mass is 16.5. The van der Waals surface area contributed by atoms with Crippen LogP contribution in [0.3, 0.4) is 0 Å². The quantitative estimate of drug-likeness (QED) is 0.829. The number of furan rings is 1. The number of rotatable bonds is 5. The molecule has 4 nitrogen and oxygen atoms in total. The van der Waals surface area contributed by atoms with Crippen LogP contribution in [0.2, 0.25) is 0 Å². The van der Waals surface area contributed by atoms with E-state index in [1.807, 2.05) is 37.3 Å². The van der Waals surface area contributed by atoms with Crippen molar-refractivity contribution in [3.05, 3.63) is 54.0 Å². The summed E-state index contributed by atoms with van der Waals surface area (Å²) in [5.41, 5.74) is 1.16. The molecule has 1 aromatic carbocycles. The molecule has 0 atom stereocenters. The third kappa shape index (κ3) is 3.88. The fourth-order valence-corrected chi connectivity index (χ4v) is 1.61. The Morgan fingerprint density at radius 1 is 1.26 bits per heavy atom. The lowest BCUT2D eigenvalue weighted by atomic mass is 10.2. The van der Waals surface area contributed by atoms with Gasteiger partial charge in [-0.15, -0.1) is 0 Å². The molecule has 0 aliphatic rings. The molecule has 0 aliphatic heterocycles. The molecular weight excluding hydrogens is 242 g/mol. The van der Waals surface area contributed by atoms with Gasteiger partial charge in [-0.3, -0.25) is 4.79 Å². The first-order valence-electron chi connectivity index (χ1n) is 6.11. The first-order chi connectivity index (χ1) is 9.15. The number of hydrogen-bond donors (Lipinski definition) is 0. The van der Waals surface area contributed by atoms with E-state index in [1.165, 1.54) is 0 Å². The number of ether oxygens (including phenoxy) is 1. The maximum Gasteiger partial charge on any atom is 0.260 e. The van der Waals surface area contributed by atoms with Gasteiger partial charge in [-0.2, -0.15) is 0 Å². The van der Waals surface area contributed by atoms with Crippen LogP contribution in [-0.4, -0.2) is 24.5 Å². The number of amides is 1. The number of likely N-dealkylation sites (N-methyl/N-ethyl adjacent to an activating group) is 1. The second-order valence-corrected chi connectivity index (χ2v) is 4.43. The summed E-state index contributed by atoms with van der Waals surface area (Å²) in [4.78, 5) is 13.4. The molecule has 4 heteroatoms. The summed E-state index contributed by atoms with van der Waals surface area (Å²) >= 11 is 0. The zero-order valence-electron chi connectivity index (χ0n) is 11.1. The molecule has 0 unspecified atom stereocenters. The van der Waals surface area contributed by atoms with Crippen molar-refractivity contribution < 1.29 is 13.9 Å². The van der Waals surface area contributed by atoms with Crippen LogP contribution in [0.25, 0.3) is 0 Å². The van der Waals surface area contributed by atoms with E-state index in [0.717, 1.165) is 11.3 Å². The molecule has 0 bridgehead atoms. The van der Waals surface area contributed by atoms with E-state index in [4.69, 9.17) is 9.15 Å². The molecule has 19 heavy (non-hydrogen) atoms. The zero-order chi connectivity index (χ0) is 13.7. The van der Waals surface area contributed by atoms with Crippen molar-refractivity contribution in [3.63, 3.8) is 0 Å². The van der Waals surface area contributed by atoms with Crippen molar-refractivity contribution in [2.45, 2.75) is 13.5 Å². The normalized spacial score (nSPS) is 10.2. The Morgan fingerprint density at radius 3 is 2.63 bits per heavy atom. The summed E-state index contributed by atoms with van der Waals surface area (Å²) in [7, 11) is 1.73. The maximum atomic E-state index is 11.9. The fraction of sp³-hybridized carbons (Fsp3) is 0.267. The highest BCUT2D eigenvalue weighted by molar-refractivity contribution is 5.77. The van der Waals surface area contributed by atoms with Gasteiger partial charge < -0.3 is 14.1 Å². The summed E-state index contributed by atoms with van der Waals surface area (Å²) in [6.45, 7) is 2.48. The lowest BCUT2D eigenvalue weighted by Crippen LogP contribution is -2.30. The van der Waals surface area contributed by atoms with E-state index in [0.29, 0.717) is 12.3 Å². The van der Waals surface area contributed by atoms with Crippen LogP contribution in [-0.2, 0) is 11.3 Å². The first kappa shape index (κ1) is 13.2. The first-order valence-corrected chi connectivity index (χ1v) is 6.11. The summed E-state index contributed by atoms with van der Waals surface area (Å²) in [5.74, 6) is 1.37. The van der Waals surface area contributed by atoms with E-state index in [-0.39, 0.29) is 12.5 Å². The van der Waals surface area contributed by atoms with Gasteiger partial charge in [-0.25, -0.2) is 0 Å². The van der Waals surface area contributed by atoms with Crippen LogP contribution in [0.5, 0.6) is 5.75 Å². The Labute approximate surface area is 112 Å². The molecule has 0 saturated carbocycles. The smallest absolute Gasteiger partial charge is 0.260 e. The van der Waals surface area contributed by atoms with Crippen molar-refractivity contribution in [2.24, 2.45) is 0 Å². The predicted molar refractivity (Wildman–Crippen MR) is 71.9 cm³/mol. The summed E-state index contributed by atoms with van der Waals surface area (Å²) in [6.07, 6.45) is 1.59. The minimum absolute atomic E-state index is 0.0280.